The van der Waals surface area contributed by atoms with Crippen LogP contribution in [0.25, 0.3) is 0 Å². The highest BCUT2D eigenvalue weighted by Gasteiger charge is 2.38. The molecule has 0 radical (unpaired) electrons. The quantitative estimate of drug-likeness (QED) is 0.927. The number of pyridine rings is 1. The third-order valence-corrected chi connectivity index (χ3v) is 4.64. The van der Waals surface area contributed by atoms with Crippen LogP contribution in [0.5, 0.6) is 5.88 Å². The lowest BCUT2D eigenvalue weighted by Gasteiger charge is -2.33. The highest BCUT2D eigenvalue weighted by Crippen LogP contribution is 2.38. The highest BCUT2D eigenvalue weighted by atomic mass is 35.5. The van der Waals surface area contributed by atoms with Gasteiger partial charge in [0.25, 0.3) is 0 Å². The van der Waals surface area contributed by atoms with Gasteiger partial charge < -0.3 is 10.1 Å². The summed E-state index contributed by atoms with van der Waals surface area (Å²) in [5, 5.41) is 3.47. The summed E-state index contributed by atoms with van der Waals surface area (Å²) in [5.41, 5.74) is 1.70. The first-order chi connectivity index (χ1) is 9.80. The molecule has 118 valence electrons. The van der Waals surface area contributed by atoms with Crippen LogP contribution in [-0.2, 0) is 6.54 Å². The smallest absolute Gasteiger partial charge is 0.213 e. The molecular weight excluding hydrogens is 286 g/mol. The van der Waals surface area contributed by atoms with Crippen molar-refractivity contribution in [1.82, 2.24) is 15.2 Å². The van der Waals surface area contributed by atoms with E-state index in [0.717, 1.165) is 18.1 Å². The number of nitrogens with zero attached hydrogens (tertiary/aromatic N) is 2. The Morgan fingerprint density at radius 1 is 1.29 bits per heavy atom. The van der Waals surface area contributed by atoms with Crippen LogP contribution < -0.4 is 10.1 Å². The molecule has 0 bridgehead atoms. The van der Waals surface area contributed by atoms with Crippen molar-refractivity contribution in [3.8, 4) is 5.88 Å². The van der Waals surface area contributed by atoms with E-state index in [2.05, 4.69) is 21.3 Å². The summed E-state index contributed by atoms with van der Waals surface area (Å²) >= 11 is 0. The van der Waals surface area contributed by atoms with Gasteiger partial charge in [-0.15, -0.1) is 12.4 Å². The zero-order valence-electron chi connectivity index (χ0n) is 12.8. The van der Waals surface area contributed by atoms with E-state index >= 15 is 0 Å². The van der Waals surface area contributed by atoms with Crippen molar-refractivity contribution in [2.75, 3.05) is 32.8 Å². The molecule has 0 aliphatic carbocycles. The third kappa shape index (κ3) is 4.09. The third-order valence-electron chi connectivity index (χ3n) is 4.64. The number of hydrogen-bond acceptors (Lipinski definition) is 4. The van der Waals surface area contributed by atoms with Crippen LogP contribution in [0.1, 0.15) is 31.9 Å². The molecule has 3 heterocycles. The molecule has 21 heavy (non-hydrogen) atoms. The monoisotopic (exact) mass is 311 g/mol. The average molecular weight is 312 g/mol. The summed E-state index contributed by atoms with van der Waals surface area (Å²) in [6.45, 7) is 8.44. The molecule has 2 saturated heterocycles. The second-order valence-electron chi connectivity index (χ2n) is 6.11. The Morgan fingerprint density at radius 3 is 2.86 bits per heavy atom. The van der Waals surface area contributed by atoms with Gasteiger partial charge >= 0.3 is 0 Å². The molecule has 0 atom stereocenters. The molecule has 0 saturated carbocycles. The van der Waals surface area contributed by atoms with Gasteiger partial charge in [0.2, 0.25) is 5.88 Å². The van der Waals surface area contributed by atoms with Gasteiger partial charge in [0.05, 0.1) is 12.3 Å². The van der Waals surface area contributed by atoms with Crippen molar-refractivity contribution >= 4 is 12.4 Å². The lowest BCUT2D eigenvalue weighted by atomic mass is 9.78. The molecule has 4 nitrogen and oxygen atoms in total. The molecule has 2 aliphatic heterocycles. The van der Waals surface area contributed by atoms with Crippen molar-refractivity contribution in [1.29, 1.82) is 0 Å². The van der Waals surface area contributed by atoms with Crippen LogP contribution in [0.3, 0.4) is 0 Å². The topological polar surface area (TPSA) is 37.4 Å². The Kier molecular flexibility index (Phi) is 5.85. The Labute approximate surface area is 133 Å². The van der Waals surface area contributed by atoms with E-state index in [0.29, 0.717) is 12.0 Å². The molecular formula is C16H26ClN3O. The number of nitrogens with one attached hydrogen (secondary N) is 1. The molecule has 0 unspecified atom stereocenters. The molecule has 1 N–H and O–H groups in total. The summed E-state index contributed by atoms with van der Waals surface area (Å²) in [6, 6.07) is 6.09. The van der Waals surface area contributed by atoms with Crippen LogP contribution in [0, 0.1) is 5.41 Å². The first-order valence-electron chi connectivity index (χ1n) is 7.81. The van der Waals surface area contributed by atoms with Crippen molar-refractivity contribution < 1.29 is 4.74 Å². The average Bonchev–Trinajstić information content (AvgIpc) is 2.83. The van der Waals surface area contributed by atoms with E-state index < -0.39 is 0 Å². The molecule has 3 rings (SSSR count). The molecule has 1 aromatic rings. The first kappa shape index (κ1) is 16.5. The number of halogens is 1. The van der Waals surface area contributed by atoms with E-state index in [9.17, 15) is 0 Å². The fraction of sp³-hybridized carbons (Fsp3) is 0.688. The normalized spacial score (nSPS) is 21.2. The molecule has 1 spiro atoms. The second-order valence-corrected chi connectivity index (χ2v) is 6.11. The van der Waals surface area contributed by atoms with Crippen molar-refractivity contribution in [2.24, 2.45) is 5.41 Å². The first-order valence-corrected chi connectivity index (χ1v) is 7.81. The molecule has 0 aromatic carbocycles. The molecule has 2 aliphatic rings. The van der Waals surface area contributed by atoms with Gasteiger partial charge in [-0.05, 0) is 57.3 Å². The van der Waals surface area contributed by atoms with Gasteiger partial charge in [-0.2, -0.15) is 0 Å². The minimum atomic E-state index is 0. The largest absolute Gasteiger partial charge is 0.478 e. The van der Waals surface area contributed by atoms with E-state index in [4.69, 9.17) is 4.74 Å². The number of piperidine rings is 1. The minimum Gasteiger partial charge on any atom is -0.478 e. The highest BCUT2D eigenvalue weighted by molar-refractivity contribution is 5.85. The molecule has 5 heteroatoms. The standard InChI is InChI=1S/C16H25N3O.ClH/c1-2-20-15-5-3-4-14(18-15)12-19-11-8-16(13-19)6-9-17-10-7-16;/h3-5,17H,2,6-13H2,1H3;1H. The summed E-state index contributed by atoms with van der Waals surface area (Å²) in [5.74, 6) is 0.751. The second kappa shape index (κ2) is 7.43. The van der Waals surface area contributed by atoms with E-state index in [-0.39, 0.29) is 12.4 Å². The lowest BCUT2D eigenvalue weighted by Crippen LogP contribution is -2.38. The summed E-state index contributed by atoms with van der Waals surface area (Å²) in [4.78, 5) is 7.14. The summed E-state index contributed by atoms with van der Waals surface area (Å²) < 4.78 is 5.48. The Morgan fingerprint density at radius 2 is 2.10 bits per heavy atom. The SMILES string of the molecule is CCOc1cccc(CN2CCC3(CCNCC3)C2)n1.Cl. The van der Waals surface area contributed by atoms with Crippen LogP contribution in [-0.4, -0.2) is 42.7 Å². The van der Waals surface area contributed by atoms with Gasteiger partial charge in [-0.25, -0.2) is 4.98 Å². The van der Waals surface area contributed by atoms with Crippen LogP contribution in [0.15, 0.2) is 18.2 Å². The van der Waals surface area contributed by atoms with Gasteiger partial charge in [0.1, 0.15) is 0 Å². The van der Waals surface area contributed by atoms with Crippen LogP contribution in [0.4, 0.5) is 0 Å². The fourth-order valence-electron chi connectivity index (χ4n) is 3.53. The predicted molar refractivity (Wildman–Crippen MR) is 87.1 cm³/mol. The number of aromatic nitrogens is 1. The number of rotatable bonds is 4. The molecule has 2 fully saturated rings. The van der Waals surface area contributed by atoms with Gasteiger partial charge in [-0.3, -0.25) is 4.90 Å². The van der Waals surface area contributed by atoms with Gasteiger partial charge in [0, 0.05) is 19.2 Å². The van der Waals surface area contributed by atoms with E-state index in [1.807, 2.05) is 19.1 Å². The Bertz CT molecular complexity index is 449. The summed E-state index contributed by atoms with van der Waals surface area (Å²) in [7, 11) is 0. The van der Waals surface area contributed by atoms with Gasteiger partial charge in [0.15, 0.2) is 0 Å². The zero-order chi connectivity index (χ0) is 13.8. The maximum Gasteiger partial charge on any atom is 0.213 e. The van der Waals surface area contributed by atoms with Crippen LogP contribution >= 0.6 is 12.4 Å². The number of likely N-dealkylation sites (tertiary alicyclic amines) is 1. The van der Waals surface area contributed by atoms with E-state index in [1.54, 1.807) is 0 Å². The fourth-order valence-corrected chi connectivity index (χ4v) is 3.53. The Balaban J connectivity index is 0.00000161. The minimum absolute atomic E-state index is 0. The summed E-state index contributed by atoms with van der Waals surface area (Å²) in [6.07, 6.45) is 4.01. The van der Waals surface area contributed by atoms with Crippen LogP contribution in [0.2, 0.25) is 0 Å². The maximum atomic E-state index is 5.48. The lowest BCUT2D eigenvalue weighted by molar-refractivity contribution is 0.193. The van der Waals surface area contributed by atoms with Crippen molar-refractivity contribution in [2.45, 2.75) is 32.7 Å². The van der Waals surface area contributed by atoms with Crippen molar-refractivity contribution in [3.05, 3.63) is 23.9 Å². The van der Waals surface area contributed by atoms with Crippen molar-refractivity contribution in [3.63, 3.8) is 0 Å². The Hall–Kier alpha value is -0.840. The molecule has 0 amide bonds. The zero-order valence-corrected chi connectivity index (χ0v) is 13.6. The molecule has 1 aromatic heterocycles. The predicted octanol–water partition coefficient (Wildman–Crippen LogP) is 2.48. The van der Waals surface area contributed by atoms with Gasteiger partial charge in [-0.1, -0.05) is 6.07 Å². The van der Waals surface area contributed by atoms with E-state index in [1.165, 1.54) is 45.4 Å². The number of hydrogen-bond donors (Lipinski definition) is 1. The number of ether oxygens (including phenoxy) is 1. The maximum absolute atomic E-state index is 5.48.